The Morgan fingerprint density at radius 3 is 3.07 bits per heavy atom. The fourth-order valence-electron chi connectivity index (χ4n) is 1.66. The van der Waals surface area contributed by atoms with Crippen molar-refractivity contribution in [1.82, 2.24) is 0 Å². The van der Waals surface area contributed by atoms with Crippen LogP contribution < -0.4 is 4.74 Å². The maximum absolute atomic E-state index is 13.2. The fourth-order valence-corrected chi connectivity index (χ4v) is 1.66. The first-order valence-electron chi connectivity index (χ1n) is 4.81. The number of carboxylic acids is 1. The maximum Gasteiger partial charge on any atom is 0.343 e. The summed E-state index contributed by atoms with van der Waals surface area (Å²) >= 11 is 0. The van der Waals surface area contributed by atoms with Crippen LogP contribution in [0, 0.1) is 0 Å². The predicted octanol–water partition coefficient (Wildman–Crippen LogP) is 2.11. The number of carbonyl (C=O) groups is 1. The number of hydrogen-bond donors (Lipinski definition) is 1. The van der Waals surface area contributed by atoms with Crippen molar-refractivity contribution in [3.8, 4) is 5.75 Å². The van der Waals surface area contributed by atoms with E-state index < -0.39 is 12.1 Å². The van der Waals surface area contributed by atoms with Crippen LogP contribution in [0.25, 0.3) is 0 Å². The van der Waals surface area contributed by atoms with Crippen LogP contribution in [0.4, 0.5) is 4.39 Å². The van der Waals surface area contributed by atoms with Crippen molar-refractivity contribution in [3.63, 3.8) is 0 Å². The molecule has 1 atom stereocenters. The zero-order valence-electron chi connectivity index (χ0n) is 8.07. The first kappa shape index (κ1) is 9.96. The van der Waals surface area contributed by atoms with E-state index >= 15 is 0 Å². The van der Waals surface area contributed by atoms with Gasteiger partial charge in [-0.2, -0.15) is 0 Å². The van der Waals surface area contributed by atoms with Gasteiger partial charge in [0.05, 0.1) is 6.61 Å². The number of halogens is 1. The lowest BCUT2D eigenvalue weighted by Crippen LogP contribution is -2.11. The summed E-state index contributed by atoms with van der Waals surface area (Å²) in [6.07, 6.45) is -0.120. The summed E-state index contributed by atoms with van der Waals surface area (Å²) in [6, 6.07) is 4.72. The van der Waals surface area contributed by atoms with Gasteiger partial charge in [-0.05, 0) is 24.5 Å². The second kappa shape index (κ2) is 3.88. The predicted molar refractivity (Wildman–Crippen MR) is 51.7 cm³/mol. The third-order valence-corrected chi connectivity index (χ3v) is 2.45. The van der Waals surface area contributed by atoms with Crippen molar-refractivity contribution >= 4 is 5.97 Å². The Labute approximate surface area is 86.5 Å². The van der Waals surface area contributed by atoms with Gasteiger partial charge in [-0.15, -0.1) is 0 Å². The van der Waals surface area contributed by atoms with Gasteiger partial charge in [0.2, 0.25) is 6.17 Å². The summed E-state index contributed by atoms with van der Waals surface area (Å²) in [5.74, 6) is -0.853. The highest BCUT2D eigenvalue weighted by Crippen LogP contribution is 2.29. The van der Waals surface area contributed by atoms with E-state index in [1.165, 1.54) is 12.1 Å². The normalized spacial score (nSPS) is 16.3. The monoisotopic (exact) mass is 210 g/mol. The first-order chi connectivity index (χ1) is 7.18. The van der Waals surface area contributed by atoms with Gasteiger partial charge in [0.15, 0.2) is 0 Å². The summed E-state index contributed by atoms with van der Waals surface area (Å²) in [7, 11) is 0. The Morgan fingerprint density at radius 1 is 1.53 bits per heavy atom. The van der Waals surface area contributed by atoms with Crippen LogP contribution in [0.2, 0.25) is 0 Å². The van der Waals surface area contributed by atoms with E-state index in [1.807, 2.05) is 0 Å². The van der Waals surface area contributed by atoms with Gasteiger partial charge >= 0.3 is 5.97 Å². The van der Waals surface area contributed by atoms with Crippen molar-refractivity contribution in [2.24, 2.45) is 0 Å². The molecule has 15 heavy (non-hydrogen) atoms. The summed E-state index contributed by atoms with van der Waals surface area (Å²) in [4.78, 5) is 10.5. The molecule has 3 nitrogen and oxygen atoms in total. The van der Waals surface area contributed by atoms with E-state index in [0.29, 0.717) is 12.4 Å². The minimum absolute atomic E-state index is 0.142. The smallest absolute Gasteiger partial charge is 0.343 e. The van der Waals surface area contributed by atoms with Gasteiger partial charge in [-0.25, -0.2) is 9.18 Å². The van der Waals surface area contributed by atoms with E-state index in [0.717, 1.165) is 18.4 Å². The molecule has 1 aliphatic heterocycles. The highest BCUT2D eigenvalue weighted by Gasteiger charge is 2.20. The van der Waals surface area contributed by atoms with Crippen molar-refractivity contribution in [3.05, 3.63) is 29.3 Å². The topological polar surface area (TPSA) is 46.5 Å². The van der Waals surface area contributed by atoms with Crippen LogP contribution >= 0.6 is 0 Å². The standard InChI is InChI=1S/C11H11FO3/c12-10(11(13)14)8-4-3-7-2-1-5-15-9(7)6-8/h3-4,6,10H,1-2,5H2,(H,13,14). The minimum atomic E-state index is -1.97. The van der Waals surface area contributed by atoms with Gasteiger partial charge in [0.1, 0.15) is 5.75 Å². The molecule has 0 aromatic heterocycles. The van der Waals surface area contributed by atoms with Crippen LogP contribution in [0.3, 0.4) is 0 Å². The lowest BCUT2D eigenvalue weighted by Gasteiger charge is -2.18. The van der Waals surface area contributed by atoms with Crippen LogP contribution in [-0.2, 0) is 11.2 Å². The number of carboxylic acid groups (broad SMARTS) is 1. The van der Waals surface area contributed by atoms with E-state index in [9.17, 15) is 9.18 Å². The molecule has 0 saturated heterocycles. The Balaban J connectivity index is 2.31. The molecule has 1 unspecified atom stereocenters. The molecule has 0 saturated carbocycles. The van der Waals surface area contributed by atoms with Crippen molar-refractivity contribution in [2.75, 3.05) is 6.61 Å². The molecule has 0 amide bonds. The molecule has 1 N–H and O–H groups in total. The Kier molecular flexibility index (Phi) is 2.58. The second-order valence-electron chi connectivity index (χ2n) is 3.52. The molecule has 1 aliphatic rings. The quantitative estimate of drug-likeness (QED) is 0.813. The zero-order chi connectivity index (χ0) is 10.8. The summed E-state index contributed by atoms with van der Waals surface area (Å²) in [5.41, 5.74) is 1.16. The van der Waals surface area contributed by atoms with Crippen LogP contribution in [0.5, 0.6) is 5.75 Å². The van der Waals surface area contributed by atoms with E-state index in [4.69, 9.17) is 9.84 Å². The van der Waals surface area contributed by atoms with Gasteiger partial charge < -0.3 is 9.84 Å². The molecule has 80 valence electrons. The second-order valence-corrected chi connectivity index (χ2v) is 3.52. The summed E-state index contributed by atoms with van der Waals surface area (Å²) in [6.45, 7) is 0.612. The summed E-state index contributed by atoms with van der Waals surface area (Å²) in [5, 5.41) is 8.52. The molecule has 4 heteroatoms. The number of hydrogen-bond acceptors (Lipinski definition) is 2. The first-order valence-corrected chi connectivity index (χ1v) is 4.81. The molecule has 0 bridgehead atoms. The van der Waals surface area contributed by atoms with Crippen LogP contribution in [0.15, 0.2) is 18.2 Å². The maximum atomic E-state index is 13.2. The van der Waals surface area contributed by atoms with Crippen LogP contribution in [0.1, 0.15) is 23.7 Å². The zero-order valence-corrected chi connectivity index (χ0v) is 8.07. The number of aliphatic carboxylic acids is 1. The van der Waals surface area contributed by atoms with Crippen molar-refractivity contribution < 1.29 is 19.0 Å². The largest absolute Gasteiger partial charge is 0.493 e. The Hall–Kier alpha value is -1.58. The lowest BCUT2D eigenvalue weighted by atomic mass is 10.0. The van der Waals surface area contributed by atoms with E-state index in [2.05, 4.69) is 0 Å². The third-order valence-electron chi connectivity index (χ3n) is 2.45. The van der Waals surface area contributed by atoms with Crippen molar-refractivity contribution in [1.29, 1.82) is 0 Å². The molecule has 1 aromatic carbocycles. The van der Waals surface area contributed by atoms with Crippen LogP contribution in [-0.4, -0.2) is 17.7 Å². The molecule has 1 heterocycles. The van der Waals surface area contributed by atoms with Gasteiger partial charge in [0, 0.05) is 5.56 Å². The highest BCUT2D eigenvalue weighted by atomic mass is 19.1. The third kappa shape index (κ3) is 1.93. The molecule has 0 radical (unpaired) electrons. The average molecular weight is 210 g/mol. The van der Waals surface area contributed by atoms with Crippen molar-refractivity contribution in [2.45, 2.75) is 19.0 Å². The summed E-state index contributed by atoms with van der Waals surface area (Å²) < 4.78 is 18.5. The lowest BCUT2D eigenvalue weighted by molar-refractivity contribution is -0.143. The molecule has 0 fully saturated rings. The molecule has 0 spiro atoms. The minimum Gasteiger partial charge on any atom is -0.493 e. The number of alkyl halides is 1. The number of rotatable bonds is 2. The fraction of sp³-hybridized carbons (Fsp3) is 0.364. The Bertz CT molecular complexity index is 389. The van der Waals surface area contributed by atoms with Gasteiger partial charge in [-0.3, -0.25) is 0 Å². The van der Waals surface area contributed by atoms with Gasteiger partial charge in [-0.1, -0.05) is 12.1 Å². The highest BCUT2D eigenvalue weighted by molar-refractivity contribution is 5.74. The van der Waals surface area contributed by atoms with E-state index in [-0.39, 0.29) is 5.56 Å². The SMILES string of the molecule is O=C(O)C(F)c1ccc2c(c1)OCCC2. The average Bonchev–Trinajstić information content (AvgIpc) is 2.27. The Morgan fingerprint density at radius 2 is 2.33 bits per heavy atom. The molecule has 1 aromatic rings. The number of fused-ring (bicyclic) bond motifs is 1. The van der Waals surface area contributed by atoms with E-state index in [1.54, 1.807) is 6.07 Å². The molecular weight excluding hydrogens is 199 g/mol. The molecule has 0 aliphatic carbocycles. The number of ether oxygens (including phenoxy) is 1. The molecular formula is C11H11FO3. The van der Waals surface area contributed by atoms with Gasteiger partial charge in [0.25, 0.3) is 0 Å². The number of benzene rings is 1. The number of aryl methyl sites for hydroxylation is 1. The molecule has 2 rings (SSSR count).